The summed E-state index contributed by atoms with van der Waals surface area (Å²) in [6.45, 7) is 10.3. The van der Waals surface area contributed by atoms with Gasteiger partial charge in [-0.3, -0.25) is 9.59 Å². The van der Waals surface area contributed by atoms with E-state index in [1.54, 1.807) is 12.1 Å². The van der Waals surface area contributed by atoms with E-state index in [2.05, 4.69) is 13.8 Å². The normalized spacial score (nSPS) is 10.0. The number of phenols is 2. The lowest BCUT2D eigenvalue weighted by Crippen LogP contribution is -2.19. The van der Waals surface area contributed by atoms with Crippen molar-refractivity contribution >= 4 is 11.9 Å². The minimum Gasteiger partial charge on any atom is -0.508 e. The lowest BCUT2D eigenvalue weighted by Gasteiger charge is -2.27. The first-order valence-electron chi connectivity index (χ1n) is 8.28. The van der Waals surface area contributed by atoms with Gasteiger partial charge in [-0.2, -0.15) is 0 Å². The molecule has 0 atom stereocenters. The molecule has 148 valence electrons. The van der Waals surface area contributed by atoms with Gasteiger partial charge in [0.2, 0.25) is 0 Å². The summed E-state index contributed by atoms with van der Waals surface area (Å²) in [5.41, 5.74) is 3.87. The molecular formula is C21H28O6. The molecule has 0 unspecified atom stereocenters. The fourth-order valence-electron chi connectivity index (χ4n) is 2.26. The van der Waals surface area contributed by atoms with Crippen molar-refractivity contribution in [2.45, 2.75) is 47.0 Å². The van der Waals surface area contributed by atoms with Gasteiger partial charge in [0, 0.05) is 19.3 Å². The minimum absolute atomic E-state index is 0.170. The lowest BCUT2D eigenvalue weighted by molar-refractivity contribution is -0.135. The Balaban J connectivity index is 0.000000718. The Labute approximate surface area is 159 Å². The van der Waals surface area contributed by atoms with E-state index < -0.39 is 11.9 Å². The van der Waals surface area contributed by atoms with Crippen LogP contribution in [0.5, 0.6) is 11.5 Å². The van der Waals surface area contributed by atoms with Crippen LogP contribution in [0.15, 0.2) is 36.4 Å². The molecule has 0 heterocycles. The van der Waals surface area contributed by atoms with Gasteiger partial charge in [0.15, 0.2) is 0 Å². The third-order valence-electron chi connectivity index (χ3n) is 3.84. The number of aryl methyl sites for hydroxylation is 2. The molecule has 2 rings (SSSR count). The Bertz CT molecular complexity index is 720. The molecule has 6 nitrogen and oxygen atoms in total. The molecular weight excluding hydrogens is 348 g/mol. The van der Waals surface area contributed by atoms with E-state index in [1.807, 2.05) is 38.1 Å². The first kappa shape index (κ1) is 24.0. The maximum absolute atomic E-state index is 9.63. The van der Waals surface area contributed by atoms with Crippen LogP contribution in [0, 0.1) is 13.8 Å². The molecule has 0 amide bonds. The van der Waals surface area contributed by atoms with Crippen LogP contribution in [0.25, 0.3) is 0 Å². The number of carboxylic acid groups (broad SMARTS) is 2. The molecule has 0 saturated carbocycles. The fourth-order valence-corrected chi connectivity index (χ4v) is 2.26. The van der Waals surface area contributed by atoms with Crippen LogP contribution in [0.4, 0.5) is 0 Å². The van der Waals surface area contributed by atoms with Gasteiger partial charge < -0.3 is 20.4 Å². The molecule has 4 N–H and O–H groups in total. The van der Waals surface area contributed by atoms with Crippen molar-refractivity contribution in [3.63, 3.8) is 0 Å². The largest absolute Gasteiger partial charge is 0.508 e. The zero-order valence-corrected chi connectivity index (χ0v) is 16.6. The van der Waals surface area contributed by atoms with Crippen LogP contribution in [0.3, 0.4) is 0 Å². The standard InChI is InChI=1S/C17H20O2.2C2H4O2/c1-11-9-13(5-7-15(11)18)17(3,4)14-6-8-16(19)12(2)10-14;2*1-2(3)4/h5-10,18-19H,1-4H3;2*1H3,(H,3,4). The van der Waals surface area contributed by atoms with Crippen LogP contribution in [-0.2, 0) is 15.0 Å². The lowest BCUT2D eigenvalue weighted by atomic mass is 9.77. The van der Waals surface area contributed by atoms with Crippen molar-refractivity contribution in [3.05, 3.63) is 58.7 Å². The number of carbonyl (C=O) groups is 2. The Morgan fingerprint density at radius 1 is 0.741 bits per heavy atom. The second-order valence-electron chi connectivity index (χ2n) is 6.67. The van der Waals surface area contributed by atoms with Gasteiger partial charge in [0.25, 0.3) is 11.9 Å². The molecule has 0 spiro atoms. The quantitative estimate of drug-likeness (QED) is 0.624. The van der Waals surface area contributed by atoms with Gasteiger partial charge in [-0.25, -0.2) is 0 Å². The highest BCUT2D eigenvalue weighted by Gasteiger charge is 2.24. The Morgan fingerprint density at radius 3 is 1.22 bits per heavy atom. The van der Waals surface area contributed by atoms with Crippen molar-refractivity contribution < 1.29 is 30.0 Å². The maximum Gasteiger partial charge on any atom is 0.300 e. The number of benzene rings is 2. The first-order chi connectivity index (χ1) is 12.3. The molecule has 0 fully saturated rings. The minimum atomic E-state index is -0.833. The Morgan fingerprint density at radius 2 is 1.00 bits per heavy atom. The van der Waals surface area contributed by atoms with Crippen LogP contribution >= 0.6 is 0 Å². The Hall–Kier alpha value is -3.02. The van der Waals surface area contributed by atoms with Gasteiger partial charge in [-0.05, 0) is 48.2 Å². The average Bonchev–Trinajstić information content (AvgIpc) is 2.51. The molecule has 0 saturated heterocycles. The molecule has 2 aromatic rings. The highest BCUT2D eigenvalue weighted by atomic mass is 16.4. The van der Waals surface area contributed by atoms with Gasteiger partial charge >= 0.3 is 0 Å². The van der Waals surface area contributed by atoms with Crippen LogP contribution in [0.1, 0.15) is 49.9 Å². The fraction of sp³-hybridized carbons (Fsp3) is 0.333. The zero-order valence-electron chi connectivity index (χ0n) is 16.6. The molecule has 0 aliphatic carbocycles. The van der Waals surface area contributed by atoms with Crippen molar-refractivity contribution in [1.82, 2.24) is 0 Å². The number of phenolic OH excluding ortho intramolecular Hbond substituents is 2. The van der Waals surface area contributed by atoms with Crippen molar-refractivity contribution in [2.24, 2.45) is 0 Å². The highest BCUT2D eigenvalue weighted by molar-refractivity contribution is 5.63. The molecule has 0 aliphatic rings. The topological polar surface area (TPSA) is 115 Å². The predicted molar refractivity (Wildman–Crippen MR) is 104 cm³/mol. The van der Waals surface area contributed by atoms with Crippen molar-refractivity contribution in [3.8, 4) is 11.5 Å². The zero-order chi connectivity index (χ0) is 21.4. The van der Waals surface area contributed by atoms with E-state index in [4.69, 9.17) is 19.8 Å². The van der Waals surface area contributed by atoms with Crippen LogP contribution < -0.4 is 0 Å². The smallest absolute Gasteiger partial charge is 0.300 e. The molecule has 0 aromatic heterocycles. The van der Waals surface area contributed by atoms with Gasteiger partial charge in [0.1, 0.15) is 11.5 Å². The molecule has 6 heteroatoms. The monoisotopic (exact) mass is 376 g/mol. The molecule has 27 heavy (non-hydrogen) atoms. The van der Waals surface area contributed by atoms with E-state index >= 15 is 0 Å². The summed E-state index contributed by atoms with van der Waals surface area (Å²) >= 11 is 0. The average molecular weight is 376 g/mol. The van der Waals surface area contributed by atoms with Crippen molar-refractivity contribution in [2.75, 3.05) is 0 Å². The summed E-state index contributed by atoms with van der Waals surface area (Å²) in [4.78, 5) is 18.0. The first-order valence-corrected chi connectivity index (χ1v) is 8.28. The van der Waals surface area contributed by atoms with E-state index in [9.17, 15) is 10.2 Å². The SMILES string of the molecule is CC(=O)O.CC(=O)O.Cc1cc(C(C)(C)c2ccc(O)c(C)c2)ccc1O. The second-order valence-corrected chi connectivity index (χ2v) is 6.67. The van der Waals surface area contributed by atoms with E-state index in [-0.39, 0.29) is 5.41 Å². The third-order valence-corrected chi connectivity index (χ3v) is 3.84. The molecule has 0 aliphatic heterocycles. The number of rotatable bonds is 2. The highest BCUT2D eigenvalue weighted by Crippen LogP contribution is 2.35. The summed E-state index contributed by atoms with van der Waals surface area (Å²) in [6.07, 6.45) is 0. The van der Waals surface area contributed by atoms with E-state index in [1.165, 1.54) is 0 Å². The van der Waals surface area contributed by atoms with Gasteiger partial charge in [-0.15, -0.1) is 0 Å². The van der Waals surface area contributed by atoms with Crippen LogP contribution in [-0.4, -0.2) is 32.4 Å². The van der Waals surface area contributed by atoms with E-state index in [0.29, 0.717) is 11.5 Å². The van der Waals surface area contributed by atoms with Gasteiger partial charge in [-0.1, -0.05) is 38.1 Å². The molecule has 2 aromatic carbocycles. The number of hydrogen-bond acceptors (Lipinski definition) is 4. The van der Waals surface area contributed by atoms with Crippen molar-refractivity contribution in [1.29, 1.82) is 0 Å². The molecule has 0 bridgehead atoms. The second kappa shape index (κ2) is 10.2. The summed E-state index contributed by atoms with van der Waals surface area (Å²) in [5.74, 6) is -1.03. The number of aromatic hydroxyl groups is 2. The number of hydrogen-bond donors (Lipinski definition) is 4. The third kappa shape index (κ3) is 8.27. The maximum atomic E-state index is 9.63. The summed E-state index contributed by atoms with van der Waals surface area (Å²) in [7, 11) is 0. The Kier molecular flexibility index (Phi) is 9.07. The van der Waals surface area contributed by atoms with Gasteiger partial charge in [0.05, 0.1) is 0 Å². The van der Waals surface area contributed by atoms with E-state index in [0.717, 1.165) is 36.1 Å². The predicted octanol–water partition coefficient (Wildman–Crippen LogP) is 4.22. The number of carboxylic acids is 2. The summed E-state index contributed by atoms with van der Waals surface area (Å²) in [6, 6.07) is 11.4. The summed E-state index contributed by atoms with van der Waals surface area (Å²) in [5, 5.41) is 34.1. The molecule has 0 radical (unpaired) electrons. The number of aliphatic carboxylic acids is 2. The summed E-state index contributed by atoms with van der Waals surface area (Å²) < 4.78 is 0. The van der Waals surface area contributed by atoms with Crippen LogP contribution in [0.2, 0.25) is 0 Å².